The van der Waals surface area contributed by atoms with Crippen molar-refractivity contribution < 1.29 is 8.42 Å². The minimum atomic E-state index is -2.96. The highest BCUT2D eigenvalue weighted by Crippen LogP contribution is 2.37. The van der Waals surface area contributed by atoms with Crippen LogP contribution in [0.2, 0.25) is 0 Å². The first-order valence-electron chi connectivity index (χ1n) is 6.10. The Morgan fingerprint density at radius 1 is 1.50 bits per heavy atom. The molecule has 1 aromatic rings. The molecule has 0 radical (unpaired) electrons. The van der Waals surface area contributed by atoms with Gasteiger partial charge in [0.1, 0.15) is 0 Å². The Balaban J connectivity index is 2.33. The van der Waals surface area contributed by atoms with Gasteiger partial charge in [-0.05, 0) is 54.4 Å². The molecule has 1 saturated heterocycles. The van der Waals surface area contributed by atoms with Crippen molar-refractivity contribution >= 4 is 37.1 Å². The summed E-state index contributed by atoms with van der Waals surface area (Å²) < 4.78 is 25.5. The Morgan fingerprint density at radius 3 is 2.72 bits per heavy atom. The summed E-state index contributed by atoms with van der Waals surface area (Å²) in [5.74, 6) is 0.335. The minimum Gasteiger partial charge on any atom is -0.311 e. The van der Waals surface area contributed by atoms with Crippen LogP contribution in [0.4, 0.5) is 0 Å². The van der Waals surface area contributed by atoms with Gasteiger partial charge in [0.15, 0.2) is 9.84 Å². The van der Waals surface area contributed by atoms with Gasteiger partial charge in [-0.25, -0.2) is 8.42 Å². The van der Waals surface area contributed by atoms with Crippen molar-refractivity contribution in [3.8, 4) is 0 Å². The van der Waals surface area contributed by atoms with E-state index >= 15 is 0 Å². The average molecular weight is 352 g/mol. The van der Waals surface area contributed by atoms with Crippen molar-refractivity contribution in [2.24, 2.45) is 0 Å². The fourth-order valence-electron chi connectivity index (χ4n) is 2.50. The topological polar surface area (TPSA) is 46.2 Å². The lowest BCUT2D eigenvalue weighted by Gasteiger charge is -2.29. The van der Waals surface area contributed by atoms with Gasteiger partial charge in [0.2, 0.25) is 0 Å². The van der Waals surface area contributed by atoms with Gasteiger partial charge in [-0.2, -0.15) is 0 Å². The summed E-state index contributed by atoms with van der Waals surface area (Å²) in [5.41, 5.74) is 1.17. The summed E-state index contributed by atoms with van der Waals surface area (Å²) >= 11 is 5.14. The molecule has 6 heteroatoms. The molecule has 2 atom stereocenters. The molecule has 0 spiro atoms. The maximum atomic E-state index is 12.2. The van der Waals surface area contributed by atoms with E-state index in [0.29, 0.717) is 5.75 Å². The fraction of sp³-hybridized carbons (Fsp3) is 0.667. The van der Waals surface area contributed by atoms with Crippen LogP contribution in [0.15, 0.2) is 9.85 Å². The predicted molar refractivity (Wildman–Crippen MR) is 80.0 cm³/mol. The summed E-state index contributed by atoms with van der Waals surface area (Å²) in [6, 6.07) is 2.00. The molecule has 1 N–H and O–H groups in total. The van der Waals surface area contributed by atoms with Crippen molar-refractivity contribution in [1.29, 1.82) is 0 Å². The largest absolute Gasteiger partial charge is 0.311 e. The Bertz CT molecular complexity index is 505. The molecule has 1 aromatic heterocycles. The van der Waals surface area contributed by atoms with E-state index < -0.39 is 9.84 Å². The number of hydrogen-bond acceptors (Lipinski definition) is 4. The zero-order valence-electron chi connectivity index (χ0n) is 10.6. The van der Waals surface area contributed by atoms with Gasteiger partial charge >= 0.3 is 0 Å². The van der Waals surface area contributed by atoms with Gasteiger partial charge in [0.05, 0.1) is 20.8 Å². The highest BCUT2D eigenvalue weighted by molar-refractivity contribution is 9.11. The van der Waals surface area contributed by atoms with E-state index in [9.17, 15) is 8.42 Å². The molecule has 1 fully saturated rings. The quantitative estimate of drug-likeness (QED) is 0.910. The van der Waals surface area contributed by atoms with E-state index in [1.54, 1.807) is 11.3 Å². The van der Waals surface area contributed by atoms with E-state index in [4.69, 9.17) is 0 Å². The van der Waals surface area contributed by atoms with Gasteiger partial charge in [-0.3, -0.25) is 0 Å². The molecule has 18 heavy (non-hydrogen) atoms. The highest BCUT2D eigenvalue weighted by atomic mass is 79.9. The third kappa shape index (κ3) is 2.81. The van der Waals surface area contributed by atoms with Gasteiger partial charge < -0.3 is 5.32 Å². The van der Waals surface area contributed by atoms with Crippen molar-refractivity contribution in [1.82, 2.24) is 5.32 Å². The van der Waals surface area contributed by atoms with Crippen molar-refractivity contribution in [2.75, 3.05) is 12.8 Å². The predicted octanol–water partition coefficient (Wildman–Crippen LogP) is 3.05. The van der Waals surface area contributed by atoms with Crippen LogP contribution in [0.5, 0.6) is 0 Å². The molecule has 2 rings (SSSR count). The lowest BCUT2D eigenvalue weighted by atomic mass is 10.1. The second-order valence-electron chi connectivity index (χ2n) is 4.77. The summed E-state index contributed by atoms with van der Waals surface area (Å²) in [4.78, 5) is 1.11. The van der Waals surface area contributed by atoms with Gasteiger partial charge in [-0.1, -0.05) is 6.42 Å². The second-order valence-corrected chi connectivity index (χ2v) is 9.51. The Labute approximate surface area is 121 Å². The molecule has 0 amide bonds. The molecule has 0 aromatic carbocycles. The molecular weight excluding hydrogens is 334 g/mol. The van der Waals surface area contributed by atoms with Crippen LogP contribution in [0, 0.1) is 6.92 Å². The number of halogens is 1. The van der Waals surface area contributed by atoms with Crippen LogP contribution in [0.25, 0.3) is 0 Å². The number of hydrogen-bond donors (Lipinski definition) is 1. The zero-order valence-corrected chi connectivity index (χ0v) is 13.8. The standard InChI is InChI=1S/C12H18BrNO2S2/c1-8-7-9(17-12(8)13)11(14-2)10-5-3-4-6-18(10,15)16/h7,10-11,14H,3-6H2,1-2H3. The van der Waals surface area contributed by atoms with Crippen LogP contribution in [0.1, 0.15) is 35.7 Å². The Kier molecular flexibility index (Phi) is 4.52. The van der Waals surface area contributed by atoms with Crippen LogP contribution < -0.4 is 5.32 Å². The molecular formula is C12H18BrNO2S2. The second kappa shape index (κ2) is 5.61. The Morgan fingerprint density at radius 2 is 2.22 bits per heavy atom. The Hall–Kier alpha value is 0.0900. The van der Waals surface area contributed by atoms with Crippen LogP contribution >= 0.6 is 27.3 Å². The molecule has 1 aliphatic rings. The lowest BCUT2D eigenvalue weighted by Crippen LogP contribution is -2.39. The van der Waals surface area contributed by atoms with E-state index in [0.717, 1.165) is 27.9 Å². The molecule has 1 aliphatic heterocycles. The summed E-state index contributed by atoms with van der Waals surface area (Å²) in [7, 11) is -1.11. The summed E-state index contributed by atoms with van der Waals surface area (Å²) in [6.07, 6.45) is 2.58. The lowest BCUT2D eigenvalue weighted by molar-refractivity contribution is 0.473. The van der Waals surface area contributed by atoms with Gasteiger partial charge in [0.25, 0.3) is 0 Å². The zero-order chi connectivity index (χ0) is 13.3. The van der Waals surface area contributed by atoms with E-state index in [1.165, 1.54) is 5.56 Å². The molecule has 0 aliphatic carbocycles. The molecule has 3 nitrogen and oxygen atoms in total. The van der Waals surface area contributed by atoms with Crippen molar-refractivity contribution in [3.63, 3.8) is 0 Å². The van der Waals surface area contributed by atoms with E-state index in [1.807, 2.05) is 14.0 Å². The number of aryl methyl sites for hydroxylation is 1. The molecule has 2 heterocycles. The smallest absolute Gasteiger partial charge is 0.155 e. The maximum absolute atomic E-state index is 12.2. The first-order valence-corrected chi connectivity index (χ1v) is 9.43. The summed E-state index contributed by atoms with van der Waals surface area (Å²) in [6.45, 7) is 2.03. The van der Waals surface area contributed by atoms with Crippen LogP contribution in [-0.2, 0) is 9.84 Å². The fourth-order valence-corrected chi connectivity index (χ4v) is 6.47. The van der Waals surface area contributed by atoms with Crippen molar-refractivity contribution in [3.05, 3.63) is 20.3 Å². The molecule has 0 saturated carbocycles. The SMILES string of the molecule is CNC(c1cc(C)c(Br)s1)C1CCCCS1(=O)=O. The molecule has 0 bridgehead atoms. The average Bonchev–Trinajstić information content (AvgIpc) is 2.62. The normalized spacial score (nSPS) is 24.9. The number of nitrogens with one attached hydrogen (secondary N) is 1. The maximum Gasteiger partial charge on any atom is 0.155 e. The third-order valence-corrected chi connectivity index (χ3v) is 8.00. The molecule has 102 valence electrons. The van der Waals surface area contributed by atoms with E-state index in [2.05, 4.69) is 27.3 Å². The summed E-state index contributed by atoms with van der Waals surface area (Å²) in [5, 5.41) is 2.92. The highest BCUT2D eigenvalue weighted by Gasteiger charge is 2.36. The van der Waals surface area contributed by atoms with Crippen LogP contribution in [0.3, 0.4) is 0 Å². The number of sulfone groups is 1. The first-order chi connectivity index (χ1) is 8.45. The minimum absolute atomic E-state index is 0.0784. The number of thiophene rings is 1. The van der Waals surface area contributed by atoms with E-state index in [-0.39, 0.29) is 11.3 Å². The molecule has 2 unspecified atom stereocenters. The monoisotopic (exact) mass is 351 g/mol. The number of rotatable bonds is 3. The third-order valence-electron chi connectivity index (χ3n) is 3.49. The van der Waals surface area contributed by atoms with Crippen LogP contribution in [-0.4, -0.2) is 26.5 Å². The van der Waals surface area contributed by atoms with Gasteiger partial charge in [0, 0.05) is 4.88 Å². The van der Waals surface area contributed by atoms with Crippen molar-refractivity contribution in [2.45, 2.75) is 37.5 Å². The van der Waals surface area contributed by atoms with Gasteiger partial charge in [-0.15, -0.1) is 11.3 Å². The first kappa shape index (κ1) is 14.5.